The first-order valence-electron chi connectivity index (χ1n) is 3.33. The van der Waals surface area contributed by atoms with E-state index in [-0.39, 0.29) is 57.3 Å². The third-order valence-corrected chi connectivity index (χ3v) is 1.72. The van der Waals surface area contributed by atoms with Gasteiger partial charge >= 0.3 is 51.4 Å². The number of thiol groups is 1. The van der Waals surface area contributed by atoms with Crippen LogP contribution in [0.2, 0.25) is 0 Å². The van der Waals surface area contributed by atoms with Crippen molar-refractivity contribution < 1.29 is 56.2 Å². The van der Waals surface area contributed by atoms with Gasteiger partial charge in [0.15, 0.2) is 5.91 Å². The standard InChI is InChI=1S/C6H12NOS2.K/c8-6(7-10)4-2-1-3-5-9;/h1-5H2,(H2-,7,8,9,10);/q-1;+1. The molecule has 0 aliphatic carbocycles. The molecule has 0 atom stereocenters. The van der Waals surface area contributed by atoms with E-state index in [1.165, 1.54) is 0 Å². The maximum absolute atomic E-state index is 10.5. The molecule has 60 valence electrons. The number of rotatable bonds is 5. The summed E-state index contributed by atoms with van der Waals surface area (Å²) in [5, 5.41) is 0. The molecule has 0 aromatic heterocycles. The molecule has 0 spiro atoms. The maximum Gasteiger partial charge on any atom is 1.00 e. The molecule has 0 bridgehead atoms. The molecule has 0 aromatic rings. The van der Waals surface area contributed by atoms with Crippen molar-refractivity contribution in [2.45, 2.75) is 25.7 Å². The average molecular weight is 217 g/mol. The van der Waals surface area contributed by atoms with Crippen molar-refractivity contribution in [3.63, 3.8) is 0 Å². The molecule has 11 heavy (non-hydrogen) atoms. The van der Waals surface area contributed by atoms with Crippen molar-refractivity contribution in [3.8, 4) is 0 Å². The van der Waals surface area contributed by atoms with E-state index in [4.69, 9.17) is 0 Å². The number of hydrogen-bond acceptors (Lipinski definition) is 3. The van der Waals surface area contributed by atoms with E-state index in [1.807, 2.05) is 0 Å². The normalized spacial score (nSPS) is 8.55. The Labute approximate surface area is 122 Å². The van der Waals surface area contributed by atoms with E-state index in [2.05, 4.69) is 30.2 Å². The summed E-state index contributed by atoms with van der Waals surface area (Å²) >= 11 is 8.39. The molecule has 5 heteroatoms. The number of amides is 1. The molecular weight excluding hydrogens is 205 g/mol. The first kappa shape index (κ1) is 15.3. The quantitative estimate of drug-likeness (QED) is 0.243. The van der Waals surface area contributed by atoms with Gasteiger partial charge in [0.2, 0.25) is 0 Å². The molecule has 1 amide bonds. The first-order valence-corrected chi connectivity index (χ1v) is 4.37. The Kier molecular flexibility index (Phi) is 16.4. The van der Waals surface area contributed by atoms with Gasteiger partial charge in [-0.25, -0.2) is 0 Å². The Morgan fingerprint density at radius 2 is 2.00 bits per heavy atom. The van der Waals surface area contributed by atoms with Crippen molar-refractivity contribution in [2.75, 3.05) is 5.75 Å². The van der Waals surface area contributed by atoms with Crippen LogP contribution in [0, 0.1) is 0 Å². The second-order valence-corrected chi connectivity index (χ2v) is 2.71. The second-order valence-electron chi connectivity index (χ2n) is 2.06. The van der Waals surface area contributed by atoms with Gasteiger partial charge in [-0.2, -0.15) is 12.6 Å². The van der Waals surface area contributed by atoms with E-state index in [9.17, 15) is 4.79 Å². The van der Waals surface area contributed by atoms with Crippen LogP contribution in [0.1, 0.15) is 25.7 Å². The molecule has 0 unspecified atom stereocenters. The predicted molar refractivity (Wildman–Crippen MR) is 47.8 cm³/mol. The van der Waals surface area contributed by atoms with Gasteiger partial charge in [0.1, 0.15) is 0 Å². The molecule has 0 aliphatic heterocycles. The van der Waals surface area contributed by atoms with Crippen LogP contribution in [-0.4, -0.2) is 11.7 Å². The van der Waals surface area contributed by atoms with Crippen molar-refractivity contribution >= 4 is 31.4 Å². The Morgan fingerprint density at radius 1 is 1.36 bits per heavy atom. The van der Waals surface area contributed by atoms with Crippen LogP contribution in [-0.2, 0) is 17.6 Å². The minimum absolute atomic E-state index is 0. The number of hydrogen-bond donors (Lipinski definition) is 2. The van der Waals surface area contributed by atoms with Crippen LogP contribution in [0.25, 0.3) is 0 Å². The van der Waals surface area contributed by atoms with Gasteiger partial charge in [-0.05, 0) is 18.6 Å². The van der Waals surface area contributed by atoms with Gasteiger partial charge in [-0.1, -0.05) is 6.42 Å². The Morgan fingerprint density at radius 3 is 2.45 bits per heavy atom. The average Bonchev–Trinajstić information content (AvgIpc) is 1.98. The van der Waals surface area contributed by atoms with Crippen LogP contribution in [0.15, 0.2) is 0 Å². The Hall–Kier alpha value is 1.81. The summed E-state index contributed by atoms with van der Waals surface area (Å²) in [5.41, 5.74) is 0. The molecule has 0 fully saturated rings. The van der Waals surface area contributed by atoms with Gasteiger partial charge < -0.3 is 17.5 Å². The first-order chi connectivity index (χ1) is 4.81. The van der Waals surface area contributed by atoms with Crippen LogP contribution in [0.4, 0.5) is 0 Å². The molecule has 0 radical (unpaired) electrons. The van der Waals surface area contributed by atoms with Gasteiger partial charge in [0.25, 0.3) is 0 Å². The third-order valence-electron chi connectivity index (χ3n) is 1.18. The Bertz CT molecular complexity index is 103. The Balaban J connectivity index is 0. The van der Waals surface area contributed by atoms with E-state index in [0.29, 0.717) is 6.42 Å². The summed E-state index contributed by atoms with van der Waals surface area (Å²) in [5.74, 6) is 0.851. The molecule has 1 N–H and O–H groups in total. The van der Waals surface area contributed by atoms with Crippen LogP contribution < -0.4 is 56.1 Å². The van der Waals surface area contributed by atoms with Crippen molar-refractivity contribution in [2.24, 2.45) is 0 Å². The summed E-state index contributed by atoms with van der Waals surface area (Å²) in [6, 6.07) is 0. The van der Waals surface area contributed by atoms with Crippen LogP contribution >= 0.6 is 12.6 Å². The third kappa shape index (κ3) is 11.8. The van der Waals surface area contributed by atoms with Crippen molar-refractivity contribution in [1.82, 2.24) is 4.72 Å². The van der Waals surface area contributed by atoms with E-state index >= 15 is 0 Å². The van der Waals surface area contributed by atoms with Crippen LogP contribution in [0.5, 0.6) is 0 Å². The molecule has 0 aromatic carbocycles. The molecule has 0 saturated heterocycles. The minimum Gasteiger partial charge on any atom is -0.668 e. The summed E-state index contributed by atoms with van der Waals surface area (Å²) in [7, 11) is 0. The SMILES string of the molecule is O=C(CCCCCS)N[S-].[K+]. The monoisotopic (exact) mass is 217 g/mol. The van der Waals surface area contributed by atoms with Crippen LogP contribution in [0.3, 0.4) is 0 Å². The predicted octanol–water partition coefficient (Wildman–Crippen LogP) is -1.94. The fraction of sp³-hybridized carbons (Fsp3) is 0.833. The van der Waals surface area contributed by atoms with Crippen molar-refractivity contribution in [1.29, 1.82) is 0 Å². The molecule has 0 heterocycles. The topological polar surface area (TPSA) is 29.1 Å². The fourth-order valence-electron chi connectivity index (χ4n) is 0.625. The van der Waals surface area contributed by atoms with Gasteiger partial charge in [0.05, 0.1) is 0 Å². The molecule has 2 nitrogen and oxygen atoms in total. The second kappa shape index (κ2) is 11.8. The van der Waals surface area contributed by atoms with Gasteiger partial charge in [0, 0.05) is 6.42 Å². The van der Waals surface area contributed by atoms with E-state index in [0.717, 1.165) is 25.0 Å². The van der Waals surface area contributed by atoms with E-state index in [1.54, 1.807) is 0 Å². The largest absolute Gasteiger partial charge is 1.00 e. The number of carbonyl (C=O) groups is 1. The zero-order valence-corrected chi connectivity index (χ0v) is 11.6. The van der Waals surface area contributed by atoms with E-state index < -0.39 is 0 Å². The van der Waals surface area contributed by atoms with Gasteiger partial charge in [-0.15, -0.1) is 0 Å². The molecular formula is C6H12KNOS2. The summed E-state index contributed by atoms with van der Waals surface area (Å²) in [4.78, 5) is 10.5. The fourth-order valence-corrected chi connectivity index (χ4v) is 0.951. The molecule has 0 saturated carbocycles. The minimum atomic E-state index is -0.0471. The smallest absolute Gasteiger partial charge is 0.668 e. The molecule has 0 rings (SSSR count). The van der Waals surface area contributed by atoms with Gasteiger partial charge in [-0.3, -0.25) is 4.79 Å². The zero-order chi connectivity index (χ0) is 7.82. The summed E-state index contributed by atoms with van der Waals surface area (Å²) in [6.45, 7) is 0. The number of unbranched alkanes of at least 4 members (excludes halogenated alkanes) is 2. The zero-order valence-electron chi connectivity index (χ0n) is 6.80. The number of carbonyl (C=O) groups excluding carboxylic acids is 1. The summed E-state index contributed by atoms with van der Waals surface area (Å²) < 4.78 is 2.17. The number of nitrogens with one attached hydrogen (secondary N) is 1. The van der Waals surface area contributed by atoms with Crippen molar-refractivity contribution in [3.05, 3.63) is 0 Å². The molecule has 0 aliphatic rings. The maximum atomic E-state index is 10.5. The summed E-state index contributed by atoms with van der Waals surface area (Å²) in [6.07, 6.45) is 3.61.